The van der Waals surface area contributed by atoms with Crippen molar-refractivity contribution in [1.82, 2.24) is 5.43 Å². The highest BCUT2D eigenvalue weighted by Gasteiger charge is 2.33. The van der Waals surface area contributed by atoms with Crippen LogP contribution in [0.4, 0.5) is 13.2 Å². The summed E-state index contributed by atoms with van der Waals surface area (Å²) >= 11 is 0. The van der Waals surface area contributed by atoms with Crippen LogP contribution >= 0.6 is 0 Å². The van der Waals surface area contributed by atoms with Gasteiger partial charge in [-0.3, -0.25) is 4.79 Å². The van der Waals surface area contributed by atoms with E-state index >= 15 is 0 Å². The number of nitrogens with one attached hydrogen (secondary N) is 1. The Morgan fingerprint density at radius 1 is 1.46 bits per heavy atom. The lowest BCUT2D eigenvalue weighted by Crippen LogP contribution is -2.26. The standard InChI is InChI=1S/C7H9F3N2O/c1-4(7(8,9)10)11-12-6(13)5-2-3-5/h5H,2-3H2,1H3,(H,12,13)/b11-4+. The SMILES string of the molecule is C/C(=N\NC(=O)C1CC1)C(F)(F)F. The molecule has 1 N–H and O–H groups in total. The summed E-state index contributed by atoms with van der Waals surface area (Å²) in [5.74, 6) is -0.562. The quantitative estimate of drug-likeness (QED) is 0.524. The van der Waals surface area contributed by atoms with Crippen molar-refractivity contribution in [2.75, 3.05) is 0 Å². The first-order chi connectivity index (χ1) is 5.91. The van der Waals surface area contributed by atoms with E-state index in [1.165, 1.54) is 0 Å². The van der Waals surface area contributed by atoms with E-state index in [2.05, 4.69) is 5.10 Å². The van der Waals surface area contributed by atoms with Crippen LogP contribution in [0.5, 0.6) is 0 Å². The topological polar surface area (TPSA) is 41.5 Å². The van der Waals surface area contributed by atoms with Gasteiger partial charge in [0.2, 0.25) is 5.91 Å². The number of amides is 1. The molecular weight excluding hydrogens is 185 g/mol. The van der Waals surface area contributed by atoms with E-state index in [-0.39, 0.29) is 5.92 Å². The maximum absolute atomic E-state index is 11.8. The van der Waals surface area contributed by atoms with Crippen LogP contribution in [-0.2, 0) is 4.79 Å². The lowest BCUT2D eigenvalue weighted by atomic mass is 10.4. The second kappa shape index (κ2) is 3.35. The molecule has 1 aliphatic rings. The highest BCUT2D eigenvalue weighted by Crippen LogP contribution is 2.28. The molecule has 0 unspecified atom stereocenters. The maximum Gasteiger partial charge on any atom is 0.430 e. The largest absolute Gasteiger partial charge is 0.430 e. The van der Waals surface area contributed by atoms with Crippen molar-refractivity contribution >= 4 is 11.6 Å². The fourth-order valence-corrected chi connectivity index (χ4v) is 0.639. The van der Waals surface area contributed by atoms with Crippen LogP contribution in [0.3, 0.4) is 0 Å². The highest BCUT2D eigenvalue weighted by atomic mass is 19.4. The molecule has 1 fully saturated rings. The molecule has 0 aromatic carbocycles. The van der Waals surface area contributed by atoms with E-state index in [0.29, 0.717) is 0 Å². The van der Waals surface area contributed by atoms with Crippen LogP contribution in [0.15, 0.2) is 5.10 Å². The molecule has 0 radical (unpaired) electrons. The Kier molecular flexibility index (Phi) is 2.58. The van der Waals surface area contributed by atoms with E-state index in [4.69, 9.17) is 0 Å². The summed E-state index contributed by atoms with van der Waals surface area (Å²) in [6.45, 7) is 0.813. The average Bonchev–Trinajstić information content (AvgIpc) is 2.79. The van der Waals surface area contributed by atoms with E-state index < -0.39 is 17.8 Å². The molecular formula is C7H9F3N2O. The number of nitrogens with zero attached hydrogens (tertiary/aromatic N) is 1. The van der Waals surface area contributed by atoms with Crippen LogP contribution in [0.1, 0.15) is 19.8 Å². The Bertz CT molecular complexity index is 243. The summed E-state index contributed by atoms with van der Waals surface area (Å²) in [7, 11) is 0. The first-order valence-electron chi connectivity index (χ1n) is 3.82. The van der Waals surface area contributed by atoms with Gasteiger partial charge in [-0.1, -0.05) is 0 Å². The van der Waals surface area contributed by atoms with Crippen molar-refractivity contribution in [3.63, 3.8) is 0 Å². The summed E-state index contributed by atoms with van der Waals surface area (Å²) < 4.78 is 35.5. The third-order valence-corrected chi connectivity index (χ3v) is 1.69. The lowest BCUT2D eigenvalue weighted by Gasteiger charge is -2.04. The molecule has 0 aromatic heterocycles. The summed E-state index contributed by atoms with van der Waals surface area (Å²) in [5, 5.41) is 2.95. The first-order valence-corrected chi connectivity index (χ1v) is 3.82. The van der Waals surface area contributed by atoms with Gasteiger partial charge in [0.05, 0.1) is 0 Å². The van der Waals surface area contributed by atoms with E-state index in [1.54, 1.807) is 0 Å². The second-order valence-corrected chi connectivity index (χ2v) is 2.95. The first kappa shape index (κ1) is 10.0. The summed E-state index contributed by atoms with van der Waals surface area (Å²) in [4.78, 5) is 10.9. The number of halogens is 3. The molecule has 1 rings (SSSR count). The third kappa shape index (κ3) is 3.04. The normalized spacial score (nSPS) is 18.6. The molecule has 3 nitrogen and oxygen atoms in total. The number of rotatable bonds is 2. The average molecular weight is 194 g/mol. The van der Waals surface area contributed by atoms with Gasteiger partial charge in [-0.15, -0.1) is 0 Å². The molecule has 1 saturated carbocycles. The number of carbonyl (C=O) groups excluding carboxylic acids is 1. The van der Waals surface area contributed by atoms with Gasteiger partial charge in [0.1, 0.15) is 5.71 Å². The van der Waals surface area contributed by atoms with Gasteiger partial charge in [-0.2, -0.15) is 18.3 Å². The molecule has 0 saturated heterocycles. The Morgan fingerprint density at radius 3 is 2.38 bits per heavy atom. The number of hydrazone groups is 1. The Labute approximate surface area is 73.0 Å². The summed E-state index contributed by atoms with van der Waals surface area (Å²) in [6.07, 6.45) is -2.98. The Balaban J connectivity index is 2.42. The van der Waals surface area contributed by atoms with E-state index in [0.717, 1.165) is 19.8 Å². The molecule has 13 heavy (non-hydrogen) atoms. The van der Waals surface area contributed by atoms with E-state index in [9.17, 15) is 18.0 Å². The van der Waals surface area contributed by atoms with Crippen molar-refractivity contribution in [3.8, 4) is 0 Å². The van der Waals surface area contributed by atoms with Gasteiger partial charge in [0, 0.05) is 5.92 Å². The molecule has 1 aliphatic carbocycles. The lowest BCUT2D eigenvalue weighted by molar-refractivity contribution is -0.122. The van der Waals surface area contributed by atoms with Gasteiger partial charge < -0.3 is 0 Å². The van der Waals surface area contributed by atoms with Gasteiger partial charge in [0.25, 0.3) is 0 Å². The van der Waals surface area contributed by atoms with Crippen molar-refractivity contribution in [3.05, 3.63) is 0 Å². The molecule has 0 aliphatic heterocycles. The maximum atomic E-state index is 11.8. The van der Waals surface area contributed by atoms with Crippen LogP contribution in [0, 0.1) is 5.92 Å². The van der Waals surface area contributed by atoms with Gasteiger partial charge in [-0.05, 0) is 19.8 Å². The van der Waals surface area contributed by atoms with Gasteiger partial charge >= 0.3 is 6.18 Å². The van der Waals surface area contributed by atoms with Crippen molar-refractivity contribution in [2.45, 2.75) is 25.9 Å². The van der Waals surface area contributed by atoms with Gasteiger partial charge in [-0.25, -0.2) is 5.43 Å². The molecule has 1 amide bonds. The smallest absolute Gasteiger partial charge is 0.273 e. The molecule has 0 spiro atoms. The Morgan fingerprint density at radius 2 is 2.00 bits per heavy atom. The fraction of sp³-hybridized carbons (Fsp3) is 0.714. The monoisotopic (exact) mass is 194 g/mol. The Hall–Kier alpha value is -1.07. The zero-order chi connectivity index (χ0) is 10.1. The molecule has 0 bridgehead atoms. The molecule has 0 atom stereocenters. The van der Waals surface area contributed by atoms with Crippen molar-refractivity contribution in [2.24, 2.45) is 11.0 Å². The number of hydrogen-bond acceptors (Lipinski definition) is 2. The minimum Gasteiger partial charge on any atom is -0.273 e. The summed E-state index contributed by atoms with van der Waals surface area (Å²) in [6, 6.07) is 0. The minimum atomic E-state index is -4.46. The number of alkyl halides is 3. The molecule has 0 aromatic rings. The minimum absolute atomic E-state index is 0.134. The zero-order valence-electron chi connectivity index (χ0n) is 6.98. The molecule has 6 heteroatoms. The predicted octanol–water partition coefficient (Wildman–Crippen LogP) is 1.45. The second-order valence-electron chi connectivity index (χ2n) is 2.95. The van der Waals surface area contributed by atoms with Crippen LogP contribution in [-0.4, -0.2) is 17.8 Å². The predicted molar refractivity (Wildman–Crippen MR) is 40.0 cm³/mol. The van der Waals surface area contributed by atoms with Crippen LogP contribution in [0.2, 0.25) is 0 Å². The molecule has 0 heterocycles. The number of carbonyl (C=O) groups is 1. The summed E-state index contributed by atoms with van der Waals surface area (Å²) in [5.41, 5.74) is 0.840. The van der Waals surface area contributed by atoms with Crippen molar-refractivity contribution < 1.29 is 18.0 Å². The van der Waals surface area contributed by atoms with Crippen LogP contribution in [0.25, 0.3) is 0 Å². The van der Waals surface area contributed by atoms with Crippen LogP contribution < -0.4 is 5.43 Å². The highest BCUT2D eigenvalue weighted by molar-refractivity contribution is 5.89. The van der Waals surface area contributed by atoms with E-state index in [1.807, 2.05) is 5.43 Å². The molecule has 74 valence electrons. The number of hydrogen-bond donors (Lipinski definition) is 1. The zero-order valence-corrected chi connectivity index (χ0v) is 6.98. The third-order valence-electron chi connectivity index (χ3n) is 1.69. The van der Waals surface area contributed by atoms with Crippen molar-refractivity contribution in [1.29, 1.82) is 0 Å². The fourth-order valence-electron chi connectivity index (χ4n) is 0.639. The van der Waals surface area contributed by atoms with Gasteiger partial charge in [0.15, 0.2) is 0 Å².